The number of likely N-dealkylation sites (N-methyl/N-ethyl adjacent to an activating group) is 1. The van der Waals surface area contributed by atoms with Gasteiger partial charge >= 0.3 is 0 Å². The number of rotatable bonds is 4. The van der Waals surface area contributed by atoms with Gasteiger partial charge in [0.25, 0.3) is 0 Å². The van der Waals surface area contributed by atoms with E-state index in [0.717, 1.165) is 6.54 Å². The second-order valence-corrected chi connectivity index (χ2v) is 8.44. The normalized spacial score (nSPS) is 26.9. The van der Waals surface area contributed by atoms with Crippen LogP contribution in [-0.4, -0.2) is 74.4 Å². The van der Waals surface area contributed by atoms with E-state index in [2.05, 4.69) is 22.3 Å². The van der Waals surface area contributed by atoms with Crippen LogP contribution in [-0.2, 0) is 21.2 Å². The molecule has 0 unspecified atom stereocenters. The number of sulfone groups is 1. The molecular formula is C16H23N3O3S. The maximum atomic E-state index is 12.3. The molecule has 0 aliphatic carbocycles. The third-order valence-corrected chi connectivity index (χ3v) is 6.37. The Labute approximate surface area is 137 Å². The van der Waals surface area contributed by atoms with Crippen LogP contribution in [0.2, 0.25) is 0 Å². The molecule has 2 aliphatic rings. The van der Waals surface area contributed by atoms with Gasteiger partial charge in [0.2, 0.25) is 5.91 Å². The van der Waals surface area contributed by atoms with E-state index in [-0.39, 0.29) is 36.0 Å². The molecule has 23 heavy (non-hydrogen) atoms. The number of hydrogen-bond acceptors (Lipinski definition) is 5. The quantitative estimate of drug-likeness (QED) is 0.818. The van der Waals surface area contributed by atoms with Gasteiger partial charge in [-0.3, -0.25) is 9.69 Å². The van der Waals surface area contributed by atoms with E-state index in [0.29, 0.717) is 13.1 Å². The van der Waals surface area contributed by atoms with Gasteiger partial charge in [-0.1, -0.05) is 30.3 Å². The lowest BCUT2D eigenvalue weighted by molar-refractivity contribution is -0.136. The lowest BCUT2D eigenvalue weighted by atomic mass is 10.0. The number of nitrogens with one attached hydrogen (secondary N) is 1. The Kier molecular flexibility index (Phi) is 4.70. The number of carbonyl (C=O) groups is 1. The Morgan fingerprint density at radius 3 is 2.57 bits per heavy atom. The minimum atomic E-state index is -3.09. The van der Waals surface area contributed by atoms with Crippen molar-refractivity contribution < 1.29 is 13.2 Å². The molecule has 0 spiro atoms. The molecule has 3 rings (SSSR count). The highest BCUT2D eigenvalue weighted by Crippen LogP contribution is 2.28. The maximum absolute atomic E-state index is 12.3. The number of benzene rings is 1. The zero-order chi connectivity index (χ0) is 16.4. The molecular weight excluding hydrogens is 314 g/mol. The third-order valence-electron chi connectivity index (χ3n) is 4.67. The second-order valence-electron chi connectivity index (χ2n) is 6.29. The topological polar surface area (TPSA) is 69.7 Å². The SMILES string of the molecule is CNCC(=O)N1CCN(Cc2ccccc2)[C@@H]2CS(=O)(=O)C[C@@H]21. The molecule has 2 atom stereocenters. The summed E-state index contributed by atoms with van der Waals surface area (Å²) in [4.78, 5) is 16.2. The van der Waals surface area contributed by atoms with Crippen molar-refractivity contribution >= 4 is 15.7 Å². The van der Waals surface area contributed by atoms with Gasteiger partial charge in [-0.25, -0.2) is 8.42 Å². The van der Waals surface area contributed by atoms with E-state index in [1.54, 1.807) is 11.9 Å². The Balaban J connectivity index is 1.79. The fraction of sp³-hybridized carbons (Fsp3) is 0.562. The van der Waals surface area contributed by atoms with Gasteiger partial charge in [0, 0.05) is 25.7 Å². The van der Waals surface area contributed by atoms with Crippen LogP contribution < -0.4 is 5.32 Å². The van der Waals surface area contributed by atoms with Gasteiger partial charge in [-0.05, 0) is 12.6 Å². The zero-order valence-corrected chi connectivity index (χ0v) is 14.1. The maximum Gasteiger partial charge on any atom is 0.236 e. The lowest BCUT2D eigenvalue weighted by Crippen LogP contribution is -2.61. The van der Waals surface area contributed by atoms with Crippen molar-refractivity contribution in [3.63, 3.8) is 0 Å². The molecule has 2 fully saturated rings. The van der Waals surface area contributed by atoms with Gasteiger partial charge in [-0.2, -0.15) is 0 Å². The van der Waals surface area contributed by atoms with Crippen molar-refractivity contribution in [2.45, 2.75) is 18.6 Å². The van der Waals surface area contributed by atoms with Crippen molar-refractivity contribution in [2.75, 3.05) is 38.2 Å². The highest BCUT2D eigenvalue weighted by atomic mass is 32.2. The number of hydrogen-bond donors (Lipinski definition) is 1. The fourth-order valence-corrected chi connectivity index (χ4v) is 5.61. The first-order valence-corrected chi connectivity index (χ1v) is 9.75. The van der Waals surface area contributed by atoms with Crippen molar-refractivity contribution in [1.82, 2.24) is 15.1 Å². The first-order valence-electron chi connectivity index (χ1n) is 7.92. The summed E-state index contributed by atoms with van der Waals surface area (Å²) in [7, 11) is -1.36. The Morgan fingerprint density at radius 1 is 1.17 bits per heavy atom. The summed E-state index contributed by atoms with van der Waals surface area (Å²) in [5.41, 5.74) is 1.17. The summed E-state index contributed by atoms with van der Waals surface area (Å²) in [6.45, 7) is 2.28. The molecule has 1 aromatic carbocycles. The van der Waals surface area contributed by atoms with E-state index >= 15 is 0 Å². The summed E-state index contributed by atoms with van der Waals surface area (Å²) in [5.74, 6) is 0.214. The molecule has 2 aliphatic heterocycles. The van der Waals surface area contributed by atoms with Crippen LogP contribution in [0.5, 0.6) is 0 Å². The van der Waals surface area contributed by atoms with Crippen LogP contribution in [0.15, 0.2) is 30.3 Å². The predicted molar refractivity (Wildman–Crippen MR) is 88.7 cm³/mol. The summed E-state index contributed by atoms with van der Waals surface area (Å²) in [6, 6.07) is 9.73. The van der Waals surface area contributed by atoms with Crippen LogP contribution in [0.4, 0.5) is 0 Å². The summed E-state index contributed by atoms with van der Waals surface area (Å²) >= 11 is 0. The molecule has 1 amide bonds. The number of piperazine rings is 1. The summed E-state index contributed by atoms with van der Waals surface area (Å²) in [6.07, 6.45) is 0. The van der Waals surface area contributed by atoms with E-state index < -0.39 is 9.84 Å². The fourth-order valence-electron chi connectivity index (χ4n) is 3.60. The molecule has 0 aromatic heterocycles. The smallest absolute Gasteiger partial charge is 0.236 e. The molecule has 2 saturated heterocycles. The third kappa shape index (κ3) is 3.57. The largest absolute Gasteiger partial charge is 0.335 e. The Morgan fingerprint density at radius 2 is 1.87 bits per heavy atom. The summed E-state index contributed by atoms with van der Waals surface area (Å²) in [5, 5.41) is 2.86. The Bertz CT molecular complexity index is 662. The van der Waals surface area contributed by atoms with Gasteiger partial charge in [0.15, 0.2) is 9.84 Å². The first kappa shape index (κ1) is 16.4. The van der Waals surface area contributed by atoms with Crippen LogP contribution in [0.3, 0.4) is 0 Å². The zero-order valence-electron chi connectivity index (χ0n) is 13.3. The molecule has 2 heterocycles. The van der Waals surface area contributed by atoms with E-state index in [1.165, 1.54) is 5.56 Å². The molecule has 7 heteroatoms. The van der Waals surface area contributed by atoms with Crippen LogP contribution in [0.1, 0.15) is 5.56 Å². The van der Waals surface area contributed by atoms with Crippen molar-refractivity contribution in [3.8, 4) is 0 Å². The first-order chi connectivity index (χ1) is 11.0. The molecule has 6 nitrogen and oxygen atoms in total. The van der Waals surface area contributed by atoms with Gasteiger partial charge in [0.05, 0.1) is 24.1 Å². The van der Waals surface area contributed by atoms with Crippen LogP contribution in [0.25, 0.3) is 0 Å². The minimum Gasteiger partial charge on any atom is -0.335 e. The molecule has 0 radical (unpaired) electrons. The molecule has 126 valence electrons. The van der Waals surface area contributed by atoms with Gasteiger partial charge in [-0.15, -0.1) is 0 Å². The number of carbonyl (C=O) groups excluding carboxylic acids is 1. The highest BCUT2D eigenvalue weighted by molar-refractivity contribution is 7.91. The van der Waals surface area contributed by atoms with Crippen molar-refractivity contribution in [2.24, 2.45) is 0 Å². The summed E-state index contributed by atoms with van der Waals surface area (Å²) < 4.78 is 24.3. The lowest BCUT2D eigenvalue weighted by Gasteiger charge is -2.44. The molecule has 1 aromatic rings. The van der Waals surface area contributed by atoms with Crippen LogP contribution >= 0.6 is 0 Å². The molecule has 1 N–H and O–H groups in total. The van der Waals surface area contributed by atoms with E-state index in [1.807, 2.05) is 18.2 Å². The highest BCUT2D eigenvalue weighted by Gasteiger charge is 2.47. The number of amides is 1. The van der Waals surface area contributed by atoms with Gasteiger partial charge in [0.1, 0.15) is 0 Å². The van der Waals surface area contributed by atoms with E-state index in [9.17, 15) is 13.2 Å². The molecule has 0 saturated carbocycles. The van der Waals surface area contributed by atoms with Crippen LogP contribution in [0, 0.1) is 0 Å². The van der Waals surface area contributed by atoms with Gasteiger partial charge < -0.3 is 10.2 Å². The standard InChI is InChI=1S/C16H23N3O3S/c1-17-9-16(20)19-8-7-18(10-13-5-3-2-4-6-13)14-11-23(21,22)12-15(14)19/h2-6,14-15,17H,7-12H2,1H3/t14-,15+/m1/s1. The van der Waals surface area contributed by atoms with Crippen molar-refractivity contribution in [3.05, 3.63) is 35.9 Å². The van der Waals surface area contributed by atoms with Crippen molar-refractivity contribution in [1.29, 1.82) is 0 Å². The average molecular weight is 337 g/mol. The molecule has 0 bridgehead atoms. The van der Waals surface area contributed by atoms with E-state index in [4.69, 9.17) is 0 Å². The Hall–Kier alpha value is -1.44. The monoisotopic (exact) mass is 337 g/mol. The minimum absolute atomic E-state index is 0.0149. The number of nitrogens with zero attached hydrogens (tertiary/aromatic N) is 2. The average Bonchev–Trinajstić information content (AvgIpc) is 2.84. The number of fused-ring (bicyclic) bond motifs is 1. The second kappa shape index (κ2) is 6.59. The predicted octanol–water partition coefficient (Wildman–Crippen LogP) is -0.284.